The van der Waals surface area contributed by atoms with Gasteiger partial charge in [-0.05, 0) is 73.9 Å². The number of amides is 1. The van der Waals surface area contributed by atoms with E-state index in [-0.39, 0.29) is 16.0 Å². The molecular formula is C25H19Cl2F2NO3. The lowest BCUT2D eigenvalue weighted by Crippen LogP contribution is -2.37. The number of hydrogen-bond donors (Lipinski definition) is 0. The van der Waals surface area contributed by atoms with Crippen LogP contribution in [0.1, 0.15) is 40.7 Å². The summed E-state index contributed by atoms with van der Waals surface area (Å²) in [6.45, 7) is 1.43. The van der Waals surface area contributed by atoms with Crippen molar-refractivity contribution in [2.24, 2.45) is 0 Å². The van der Waals surface area contributed by atoms with Gasteiger partial charge < -0.3 is 14.4 Å². The fraction of sp³-hybridized carbons (Fsp3) is 0.240. The Bertz CT molecular complexity index is 1190. The van der Waals surface area contributed by atoms with Crippen LogP contribution in [-0.2, 0) is 5.79 Å². The number of fused-ring (bicyclic) bond motifs is 1. The van der Waals surface area contributed by atoms with Crippen LogP contribution in [0.2, 0.25) is 10.0 Å². The molecule has 2 heterocycles. The predicted molar refractivity (Wildman–Crippen MR) is 121 cm³/mol. The second kappa shape index (κ2) is 8.50. The molecule has 3 aromatic carbocycles. The number of likely N-dealkylation sites (tertiary alicyclic amines) is 1. The summed E-state index contributed by atoms with van der Waals surface area (Å²) in [5.41, 5.74) is 1.05. The van der Waals surface area contributed by atoms with Crippen LogP contribution in [0.4, 0.5) is 8.78 Å². The van der Waals surface area contributed by atoms with Crippen molar-refractivity contribution in [3.63, 3.8) is 0 Å². The van der Waals surface area contributed by atoms with Crippen LogP contribution in [0.25, 0.3) is 0 Å². The lowest BCUT2D eigenvalue weighted by Gasteiger charge is -2.30. The highest BCUT2D eigenvalue weighted by molar-refractivity contribution is 6.32. The number of carbonyl (C=O) groups excluding carboxylic acids is 1. The standard InChI is InChI=1S/C25H19Cl2F2NO3/c26-20-13-16(28)5-7-18(20)25(19-8-6-17(29)14-21(19)27)32-22-9-4-15(12-23(22)33-25)24(31)30-10-2-1-3-11-30/h4-9,12-14H,1-3,10-11H2. The minimum atomic E-state index is -1.69. The highest BCUT2D eigenvalue weighted by Gasteiger charge is 2.48. The third kappa shape index (κ3) is 3.91. The molecule has 0 saturated carbocycles. The number of piperidine rings is 1. The minimum Gasteiger partial charge on any atom is -0.440 e. The zero-order valence-electron chi connectivity index (χ0n) is 17.4. The maximum Gasteiger partial charge on any atom is 0.308 e. The molecule has 8 heteroatoms. The van der Waals surface area contributed by atoms with E-state index in [4.69, 9.17) is 32.7 Å². The van der Waals surface area contributed by atoms with Gasteiger partial charge in [0, 0.05) is 18.7 Å². The van der Waals surface area contributed by atoms with Gasteiger partial charge in [0.05, 0.1) is 21.2 Å². The summed E-state index contributed by atoms with van der Waals surface area (Å²) in [6.07, 6.45) is 3.07. The zero-order valence-corrected chi connectivity index (χ0v) is 18.9. The molecule has 1 fully saturated rings. The van der Waals surface area contributed by atoms with Gasteiger partial charge in [0.1, 0.15) is 11.6 Å². The first-order valence-corrected chi connectivity index (χ1v) is 11.4. The van der Waals surface area contributed by atoms with E-state index in [1.807, 2.05) is 4.90 Å². The fourth-order valence-corrected chi connectivity index (χ4v) is 4.88. The van der Waals surface area contributed by atoms with Gasteiger partial charge in [-0.2, -0.15) is 0 Å². The van der Waals surface area contributed by atoms with Crippen LogP contribution in [0.5, 0.6) is 11.5 Å². The van der Waals surface area contributed by atoms with Crippen molar-refractivity contribution >= 4 is 29.1 Å². The van der Waals surface area contributed by atoms with Gasteiger partial charge >= 0.3 is 5.79 Å². The third-order valence-electron chi connectivity index (χ3n) is 5.91. The van der Waals surface area contributed by atoms with Crippen LogP contribution in [0, 0.1) is 11.6 Å². The van der Waals surface area contributed by atoms with Gasteiger partial charge in [0.25, 0.3) is 5.91 Å². The summed E-state index contributed by atoms with van der Waals surface area (Å²) in [6, 6.07) is 12.5. The van der Waals surface area contributed by atoms with E-state index < -0.39 is 17.4 Å². The molecular weight excluding hydrogens is 471 g/mol. The lowest BCUT2D eigenvalue weighted by atomic mass is 9.96. The first kappa shape index (κ1) is 22.0. The molecule has 0 unspecified atom stereocenters. The van der Waals surface area contributed by atoms with Crippen molar-refractivity contribution in [2.45, 2.75) is 25.0 Å². The van der Waals surface area contributed by atoms with Crippen molar-refractivity contribution in [1.29, 1.82) is 0 Å². The van der Waals surface area contributed by atoms with Gasteiger partial charge in [-0.1, -0.05) is 23.2 Å². The Labute approximate surface area is 199 Å². The van der Waals surface area contributed by atoms with Crippen LogP contribution in [0.15, 0.2) is 54.6 Å². The quantitative estimate of drug-likeness (QED) is 0.417. The summed E-state index contributed by atoms with van der Waals surface area (Å²) in [7, 11) is 0. The van der Waals surface area contributed by atoms with Crippen molar-refractivity contribution < 1.29 is 23.0 Å². The van der Waals surface area contributed by atoms with E-state index in [0.717, 1.165) is 31.4 Å². The monoisotopic (exact) mass is 489 g/mol. The SMILES string of the molecule is O=C(c1ccc2c(c1)OC(c1ccc(F)cc1Cl)(c1ccc(F)cc1Cl)O2)N1CCCCC1. The minimum absolute atomic E-state index is 0.0489. The van der Waals surface area contributed by atoms with Crippen LogP contribution >= 0.6 is 23.2 Å². The lowest BCUT2D eigenvalue weighted by molar-refractivity contribution is -0.0458. The van der Waals surface area contributed by atoms with E-state index in [2.05, 4.69) is 0 Å². The number of ether oxygens (including phenoxy) is 2. The maximum atomic E-state index is 13.8. The van der Waals surface area contributed by atoms with Crippen molar-refractivity contribution in [3.05, 3.63) is 93.0 Å². The number of hydrogen-bond acceptors (Lipinski definition) is 3. The van der Waals surface area contributed by atoms with Gasteiger partial charge in [0.15, 0.2) is 11.5 Å². The number of rotatable bonds is 3. The summed E-state index contributed by atoms with van der Waals surface area (Å²) in [5, 5.41) is 0.0978. The summed E-state index contributed by atoms with van der Waals surface area (Å²) >= 11 is 12.8. The Hall–Kier alpha value is -2.83. The average Bonchev–Trinajstić information content (AvgIpc) is 3.18. The highest BCUT2D eigenvalue weighted by atomic mass is 35.5. The van der Waals surface area contributed by atoms with E-state index in [9.17, 15) is 13.6 Å². The predicted octanol–water partition coefficient (Wildman–Crippen LogP) is 6.57. The topological polar surface area (TPSA) is 38.8 Å². The summed E-state index contributed by atoms with van der Waals surface area (Å²) in [5.74, 6) is -2.18. The molecule has 0 spiro atoms. The normalized spacial score (nSPS) is 16.7. The molecule has 0 bridgehead atoms. The third-order valence-corrected chi connectivity index (χ3v) is 6.54. The molecule has 0 aliphatic carbocycles. The van der Waals surface area contributed by atoms with Crippen LogP contribution in [-0.4, -0.2) is 23.9 Å². The Morgan fingerprint density at radius 3 is 1.94 bits per heavy atom. The van der Waals surface area contributed by atoms with Gasteiger partial charge in [-0.15, -0.1) is 0 Å². The van der Waals surface area contributed by atoms with Crippen LogP contribution < -0.4 is 9.47 Å². The first-order valence-electron chi connectivity index (χ1n) is 10.6. The maximum absolute atomic E-state index is 13.8. The zero-order chi connectivity index (χ0) is 23.2. The number of halogens is 4. The second-order valence-corrected chi connectivity index (χ2v) is 8.90. The first-order chi connectivity index (χ1) is 15.9. The van der Waals surface area contributed by atoms with E-state index in [1.54, 1.807) is 18.2 Å². The van der Waals surface area contributed by atoms with Crippen LogP contribution in [0.3, 0.4) is 0 Å². The number of benzene rings is 3. The highest BCUT2D eigenvalue weighted by Crippen LogP contribution is 2.51. The summed E-state index contributed by atoms with van der Waals surface area (Å²) < 4.78 is 40.1. The number of nitrogens with zero attached hydrogens (tertiary/aromatic N) is 1. The van der Waals surface area contributed by atoms with Crippen molar-refractivity contribution in [3.8, 4) is 11.5 Å². The molecule has 1 amide bonds. The Balaban J connectivity index is 1.59. The number of carbonyl (C=O) groups is 1. The van der Waals surface area contributed by atoms with E-state index in [1.165, 1.54) is 24.3 Å². The fourth-order valence-electron chi connectivity index (χ4n) is 4.29. The average molecular weight is 490 g/mol. The molecule has 0 N–H and O–H groups in total. The molecule has 0 atom stereocenters. The Morgan fingerprint density at radius 1 is 0.788 bits per heavy atom. The molecule has 0 radical (unpaired) electrons. The van der Waals surface area contributed by atoms with E-state index in [0.29, 0.717) is 41.3 Å². The van der Waals surface area contributed by atoms with Gasteiger partial charge in [-0.25, -0.2) is 8.78 Å². The molecule has 170 valence electrons. The van der Waals surface area contributed by atoms with Gasteiger partial charge in [-0.3, -0.25) is 4.79 Å². The molecule has 0 aromatic heterocycles. The molecule has 2 aliphatic heterocycles. The molecule has 33 heavy (non-hydrogen) atoms. The molecule has 3 aromatic rings. The molecule has 1 saturated heterocycles. The molecule has 4 nitrogen and oxygen atoms in total. The summed E-state index contributed by atoms with van der Waals surface area (Å²) in [4.78, 5) is 14.8. The van der Waals surface area contributed by atoms with Gasteiger partial charge in [0.2, 0.25) is 0 Å². The van der Waals surface area contributed by atoms with Crippen molar-refractivity contribution in [2.75, 3.05) is 13.1 Å². The molecule has 5 rings (SSSR count). The second-order valence-electron chi connectivity index (χ2n) is 8.08. The largest absolute Gasteiger partial charge is 0.440 e. The molecule has 2 aliphatic rings. The van der Waals surface area contributed by atoms with E-state index >= 15 is 0 Å². The van der Waals surface area contributed by atoms with Crippen molar-refractivity contribution in [1.82, 2.24) is 4.90 Å². The smallest absolute Gasteiger partial charge is 0.308 e. The Morgan fingerprint density at radius 2 is 1.36 bits per heavy atom. The Kier molecular flexibility index (Phi) is 5.67.